The Labute approximate surface area is 84.7 Å². The van der Waals surface area contributed by atoms with Gasteiger partial charge in [0.05, 0.1) is 10.7 Å². The molecule has 0 saturated heterocycles. The average molecular weight is 227 g/mol. The summed E-state index contributed by atoms with van der Waals surface area (Å²) in [5.41, 5.74) is -0.607. The normalized spacial score (nSPS) is 12.6. The van der Waals surface area contributed by atoms with Gasteiger partial charge in [-0.15, -0.1) is 0 Å². The maximum absolute atomic E-state index is 12.3. The van der Waals surface area contributed by atoms with Gasteiger partial charge in [0.1, 0.15) is 0 Å². The molecular formula is C8H10ClF3N2. The standard InChI is InChI=1S/C8H10ClF3N2/c1-4(2)6-5(9)7(8(10,11)12)13-14(6)3/h4H,1-3H3. The second-order valence-corrected chi connectivity index (χ2v) is 3.70. The minimum absolute atomic E-state index is 0.0869. The Morgan fingerprint density at radius 2 is 1.86 bits per heavy atom. The van der Waals surface area contributed by atoms with Crippen LogP contribution in [0, 0.1) is 0 Å². The molecule has 1 heterocycles. The fraction of sp³-hybridized carbons (Fsp3) is 0.625. The number of aryl methyl sites for hydroxylation is 1. The van der Waals surface area contributed by atoms with Crippen LogP contribution in [0.3, 0.4) is 0 Å². The van der Waals surface area contributed by atoms with Crippen molar-refractivity contribution in [2.75, 3.05) is 0 Å². The summed E-state index contributed by atoms with van der Waals surface area (Å²) in [6.07, 6.45) is -4.48. The Morgan fingerprint density at radius 1 is 1.36 bits per heavy atom. The number of hydrogen-bond acceptors (Lipinski definition) is 1. The van der Waals surface area contributed by atoms with E-state index in [0.29, 0.717) is 5.69 Å². The molecule has 0 saturated carbocycles. The first-order valence-corrected chi connectivity index (χ1v) is 4.42. The SMILES string of the molecule is CC(C)c1c(Cl)c(C(F)(F)F)nn1C. The lowest BCUT2D eigenvalue weighted by Crippen LogP contribution is -2.07. The zero-order chi connectivity index (χ0) is 11.1. The smallest absolute Gasteiger partial charge is 0.270 e. The van der Waals surface area contributed by atoms with Gasteiger partial charge in [-0.3, -0.25) is 4.68 Å². The molecule has 0 aliphatic carbocycles. The van der Waals surface area contributed by atoms with E-state index in [2.05, 4.69) is 5.10 Å². The molecule has 1 aromatic rings. The van der Waals surface area contributed by atoms with E-state index in [-0.39, 0.29) is 10.9 Å². The molecule has 0 amide bonds. The molecule has 1 rings (SSSR count). The first-order valence-electron chi connectivity index (χ1n) is 4.04. The van der Waals surface area contributed by atoms with Crippen molar-refractivity contribution in [3.8, 4) is 0 Å². The lowest BCUT2D eigenvalue weighted by atomic mass is 10.1. The molecular weight excluding hydrogens is 217 g/mol. The van der Waals surface area contributed by atoms with Crippen LogP contribution in [-0.4, -0.2) is 9.78 Å². The third-order valence-electron chi connectivity index (χ3n) is 1.85. The Kier molecular flexibility index (Phi) is 2.81. The summed E-state index contributed by atoms with van der Waals surface area (Å²) in [7, 11) is 1.45. The maximum Gasteiger partial charge on any atom is 0.436 e. The summed E-state index contributed by atoms with van der Waals surface area (Å²) in [5.74, 6) is -0.0869. The Bertz CT molecular complexity index is 341. The third-order valence-corrected chi connectivity index (χ3v) is 2.22. The van der Waals surface area contributed by atoms with Gasteiger partial charge in [0.25, 0.3) is 0 Å². The Morgan fingerprint density at radius 3 is 2.07 bits per heavy atom. The van der Waals surface area contributed by atoms with Crippen LogP contribution in [0.2, 0.25) is 5.02 Å². The molecule has 0 fully saturated rings. The van der Waals surface area contributed by atoms with Gasteiger partial charge >= 0.3 is 6.18 Å². The van der Waals surface area contributed by atoms with Crippen LogP contribution >= 0.6 is 11.6 Å². The van der Waals surface area contributed by atoms with Crippen LogP contribution in [0.5, 0.6) is 0 Å². The number of nitrogens with zero attached hydrogens (tertiary/aromatic N) is 2. The highest BCUT2D eigenvalue weighted by molar-refractivity contribution is 6.32. The second-order valence-electron chi connectivity index (χ2n) is 3.32. The minimum atomic E-state index is -4.48. The maximum atomic E-state index is 12.3. The first kappa shape index (κ1) is 11.4. The van der Waals surface area contributed by atoms with Crippen LogP contribution in [0.1, 0.15) is 31.2 Å². The molecule has 80 valence electrons. The van der Waals surface area contributed by atoms with Crippen LogP contribution in [-0.2, 0) is 13.2 Å². The van der Waals surface area contributed by atoms with E-state index in [4.69, 9.17) is 11.6 Å². The molecule has 0 spiro atoms. The fourth-order valence-electron chi connectivity index (χ4n) is 1.32. The van der Waals surface area contributed by atoms with E-state index in [0.717, 1.165) is 0 Å². The predicted octanol–water partition coefficient (Wildman–Crippen LogP) is 3.22. The van der Waals surface area contributed by atoms with Crippen molar-refractivity contribution in [2.45, 2.75) is 25.9 Å². The van der Waals surface area contributed by atoms with E-state index in [1.807, 2.05) is 0 Å². The monoisotopic (exact) mass is 226 g/mol. The average Bonchev–Trinajstić information content (AvgIpc) is 2.24. The summed E-state index contributed by atoms with van der Waals surface area (Å²) in [6, 6.07) is 0. The van der Waals surface area contributed by atoms with Gasteiger partial charge in [0.2, 0.25) is 0 Å². The molecule has 2 nitrogen and oxygen atoms in total. The molecule has 1 aromatic heterocycles. The van der Waals surface area contributed by atoms with Gasteiger partial charge < -0.3 is 0 Å². The van der Waals surface area contributed by atoms with Gasteiger partial charge in [-0.2, -0.15) is 18.3 Å². The van der Waals surface area contributed by atoms with Crippen molar-refractivity contribution in [1.29, 1.82) is 0 Å². The molecule has 0 aliphatic heterocycles. The predicted molar refractivity (Wildman–Crippen MR) is 47.3 cm³/mol. The summed E-state index contributed by atoms with van der Waals surface area (Å²) < 4.78 is 38.2. The van der Waals surface area contributed by atoms with Crippen molar-refractivity contribution < 1.29 is 13.2 Å². The van der Waals surface area contributed by atoms with E-state index in [9.17, 15) is 13.2 Å². The summed E-state index contributed by atoms with van der Waals surface area (Å²) in [5, 5.41) is 3.07. The molecule has 0 aromatic carbocycles. The zero-order valence-corrected chi connectivity index (χ0v) is 8.74. The molecule has 14 heavy (non-hydrogen) atoms. The lowest BCUT2D eigenvalue weighted by Gasteiger charge is -2.05. The fourth-order valence-corrected chi connectivity index (χ4v) is 1.80. The van der Waals surface area contributed by atoms with Crippen LogP contribution < -0.4 is 0 Å². The van der Waals surface area contributed by atoms with E-state index in [1.165, 1.54) is 11.7 Å². The van der Waals surface area contributed by atoms with Gasteiger partial charge in [-0.05, 0) is 5.92 Å². The number of halogens is 4. The van der Waals surface area contributed by atoms with E-state index in [1.54, 1.807) is 13.8 Å². The van der Waals surface area contributed by atoms with E-state index >= 15 is 0 Å². The number of aromatic nitrogens is 2. The molecule has 0 N–H and O–H groups in total. The molecule has 0 aliphatic rings. The highest BCUT2D eigenvalue weighted by Gasteiger charge is 2.38. The minimum Gasteiger partial charge on any atom is -0.270 e. The van der Waals surface area contributed by atoms with E-state index < -0.39 is 11.9 Å². The summed E-state index contributed by atoms with van der Waals surface area (Å²) >= 11 is 5.61. The first-order chi connectivity index (χ1) is 6.25. The molecule has 0 bridgehead atoms. The Balaban J connectivity index is 3.31. The quantitative estimate of drug-likeness (QED) is 0.719. The molecule has 0 atom stereocenters. The van der Waals surface area contributed by atoms with Gasteiger partial charge in [0.15, 0.2) is 5.69 Å². The number of alkyl halides is 3. The topological polar surface area (TPSA) is 17.8 Å². The van der Waals surface area contributed by atoms with Gasteiger partial charge in [0, 0.05) is 7.05 Å². The highest BCUT2D eigenvalue weighted by atomic mass is 35.5. The third kappa shape index (κ3) is 1.87. The molecule has 0 unspecified atom stereocenters. The van der Waals surface area contributed by atoms with Gasteiger partial charge in [-0.25, -0.2) is 0 Å². The van der Waals surface area contributed by atoms with Crippen molar-refractivity contribution in [3.63, 3.8) is 0 Å². The second kappa shape index (κ2) is 3.46. The van der Waals surface area contributed by atoms with Gasteiger partial charge in [-0.1, -0.05) is 25.4 Å². The van der Waals surface area contributed by atoms with Crippen molar-refractivity contribution in [1.82, 2.24) is 9.78 Å². The van der Waals surface area contributed by atoms with Crippen LogP contribution in [0.15, 0.2) is 0 Å². The number of rotatable bonds is 1. The van der Waals surface area contributed by atoms with Crippen molar-refractivity contribution >= 4 is 11.6 Å². The lowest BCUT2D eigenvalue weighted by molar-refractivity contribution is -0.141. The van der Waals surface area contributed by atoms with Crippen LogP contribution in [0.4, 0.5) is 13.2 Å². The summed E-state index contributed by atoms with van der Waals surface area (Å²) in [4.78, 5) is 0. The Hall–Kier alpha value is -0.710. The summed E-state index contributed by atoms with van der Waals surface area (Å²) in [6.45, 7) is 3.53. The highest BCUT2D eigenvalue weighted by Crippen LogP contribution is 2.37. The largest absolute Gasteiger partial charge is 0.436 e. The van der Waals surface area contributed by atoms with Crippen molar-refractivity contribution in [2.24, 2.45) is 7.05 Å². The number of hydrogen-bond donors (Lipinski definition) is 0. The molecule has 6 heteroatoms. The zero-order valence-electron chi connectivity index (χ0n) is 7.98. The van der Waals surface area contributed by atoms with Crippen LogP contribution in [0.25, 0.3) is 0 Å². The van der Waals surface area contributed by atoms with Crippen molar-refractivity contribution in [3.05, 3.63) is 16.4 Å². The molecule has 0 radical (unpaired) electrons.